The van der Waals surface area contributed by atoms with Gasteiger partial charge in [-0.15, -0.1) is 0 Å². The lowest BCUT2D eigenvalue weighted by atomic mass is 10.1. The van der Waals surface area contributed by atoms with Crippen molar-refractivity contribution in [1.82, 2.24) is 24.6 Å². The molecule has 0 saturated carbocycles. The van der Waals surface area contributed by atoms with E-state index < -0.39 is 0 Å². The molecule has 4 heterocycles. The summed E-state index contributed by atoms with van der Waals surface area (Å²) in [6, 6.07) is 7.34. The molecule has 0 spiro atoms. The van der Waals surface area contributed by atoms with Crippen LogP contribution in [0.1, 0.15) is 5.69 Å². The summed E-state index contributed by atoms with van der Waals surface area (Å²) in [5, 5.41) is 5.18. The lowest BCUT2D eigenvalue weighted by Gasteiger charge is -2.04. The Balaban J connectivity index is 2.07. The fourth-order valence-electron chi connectivity index (χ4n) is 2.42. The summed E-state index contributed by atoms with van der Waals surface area (Å²) in [6.07, 6.45) is 5.08. The molecule has 0 saturated heterocycles. The number of rotatable bonds is 1. The van der Waals surface area contributed by atoms with Crippen LogP contribution in [-0.4, -0.2) is 24.6 Å². The van der Waals surface area contributed by atoms with Crippen LogP contribution in [0, 0.1) is 6.92 Å². The summed E-state index contributed by atoms with van der Waals surface area (Å²) in [7, 11) is 0. The molecular formula is C15H11N5O. The predicted octanol–water partition coefficient (Wildman–Crippen LogP) is 1.94. The number of H-pyrrole nitrogens is 1. The van der Waals surface area contributed by atoms with Crippen molar-refractivity contribution in [3.8, 4) is 11.1 Å². The van der Waals surface area contributed by atoms with Crippen molar-refractivity contribution in [3.05, 3.63) is 58.9 Å². The minimum Gasteiger partial charge on any atom is -0.306 e. The van der Waals surface area contributed by atoms with Gasteiger partial charge in [0, 0.05) is 41.2 Å². The number of hydrogen-bond acceptors (Lipinski definition) is 4. The highest BCUT2D eigenvalue weighted by atomic mass is 16.1. The Morgan fingerprint density at radius 1 is 1.24 bits per heavy atom. The molecule has 4 aromatic rings. The van der Waals surface area contributed by atoms with E-state index in [4.69, 9.17) is 0 Å². The van der Waals surface area contributed by atoms with Gasteiger partial charge in [-0.05, 0) is 19.1 Å². The van der Waals surface area contributed by atoms with Crippen molar-refractivity contribution < 1.29 is 0 Å². The maximum atomic E-state index is 12.3. The van der Waals surface area contributed by atoms with Crippen LogP contribution in [0.3, 0.4) is 0 Å². The first-order valence-corrected chi connectivity index (χ1v) is 6.51. The Bertz CT molecular complexity index is 1020. The Morgan fingerprint density at radius 3 is 2.95 bits per heavy atom. The average Bonchev–Trinajstić information content (AvgIpc) is 2.88. The van der Waals surface area contributed by atoms with Gasteiger partial charge in [-0.2, -0.15) is 9.61 Å². The summed E-state index contributed by atoms with van der Waals surface area (Å²) in [5.41, 5.74) is 3.39. The Morgan fingerprint density at radius 2 is 2.14 bits per heavy atom. The monoisotopic (exact) mass is 277 g/mol. The van der Waals surface area contributed by atoms with E-state index in [1.807, 2.05) is 25.1 Å². The first kappa shape index (κ1) is 11.8. The largest absolute Gasteiger partial charge is 0.306 e. The summed E-state index contributed by atoms with van der Waals surface area (Å²) in [4.78, 5) is 23.6. The molecule has 6 heteroatoms. The van der Waals surface area contributed by atoms with Crippen LogP contribution in [0.25, 0.3) is 27.8 Å². The van der Waals surface area contributed by atoms with Gasteiger partial charge < -0.3 is 4.98 Å². The third kappa shape index (κ3) is 1.80. The average molecular weight is 277 g/mol. The molecule has 0 atom stereocenters. The van der Waals surface area contributed by atoms with Crippen molar-refractivity contribution in [3.63, 3.8) is 0 Å². The summed E-state index contributed by atoms with van der Waals surface area (Å²) in [5.74, 6) is 0. The van der Waals surface area contributed by atoms with E-state index in [9.17, 15) is 4.79 Å². The van der Waals surface area contributed by atoms with Crippen LogP contribution in [0.5, 0.6) is 0 Å². The molecule has 102 valence electrons. The molecule has 0 aliphatic carbocycles. The van der Waals surface area contributed by atoms with E-state index >= 15 is 0 Å². The third-order valence-corrected chi connectivity index (χ3v) is 3.38. The lowest BCUT2D eigenvalue weighted by Crippen LogP contribution is -2.11. The summed E-state index contributed by atoms with van der Waals surface area (Å²) >= 11 is 0. The number of aromatic amines is 1. The number of nitrogens with one attached hydrogen (secondary N) is 1. The van der Waals surface area contributed by atoms with Crippen molar-refractivity contribution in [2.45, 2.75) is 6.92 Å². The maximum Gasteiger partial charge on any atom is 0.257 e. The topological polar surface area (TPSA) is 75.9 Å². The van der Waals surface area contributed by atoms with Gasteiger partial charge in [0.1, 0.15) is 5.65 Å². The van der Waals surface area contributed by atoms with Gasteiger partial charge in [-0.1, -0.05) is 6.07 Å². The first-order chi connectivity index (χ1) is 10.2. The highest BCUT2D eigenvalue weighted by molar-refractivity contribution is 5.81. The number of nitrogens with zero attached hydrogens (tertiary/aromatic N) is 4. The minimum absolute atomic E-state index is 0.170. The van der Waals surface area contributed by atoms with Crippen molar-refractivity contribution >= 4 is 16.7 Å². The van der Waals surface area contributed by atoms with E-state index in [1.165, 1.54) is 0 Å². The van der Waals surface area contributed by atoms with Gasteiger partial charge in [0.2, 0.25) is 0 Å². The zero-order valence-corrected chi connectivity index (χ0v) is 11.2. The molecule has 1 N–H and O–H groups in total. The Labute approximate surface area is 119 Å². The van der Waals surface area contributed by atoms with Gasteiger partial charge in [-0.3, -0.25) is 9.78 Å². The molecule has 4 aromatic heterocycles. The van der Waals surface area contributed by atoms with Crippen LogP contribution in [0.15, 0.2) is 47.7 Å². The van der Waals surface area contributed by atoms with Crippen molar-refractivity contribution in [1.29, 1.82) is 0 Å². The normalized spacial score (nSPS) is 11.3. The molecule has 0 radical (unpaired) electrons. The molecule has 0 fully saturated rings. The molecule has 0 bridgehead atoms. The first-order valence-electron chi connectivity index (χ1n) is 6.51. The molecule has 0 aliphatic heterocycles. The van der Waals surface area contributed by atoms with Crippen LogP contribution in [-0.2, 0) is 0 Å². The third-order valence-electron chi connectivity index (χ3n) is 3.38. The number of fused-ring (bicyclic) bond motifs is 3. The molecule has 21 heavy (non-hydrogen) atoms. The molecule has 0 aliphatic rings. The zero-order valence-electron chi connectivity index (χ0n) is 11.2. The molecule has 0 aromatic carbocycles. The number of pyridine rings is 2. The Kier molecular flexibility index (Phi) is 2.38. The second kappa shape index (κ2) is 4.24. The number of aryl methyl sites for hydroxylation is 1. The lowest BCUT2D eigenvalue weighted by molar-refractivity contribution is 0.936. The van der Waals surface area contributed by atoms with Crippen LogP contribution in [0.2, 0.25) is 0 Å². The second-order valence-corrected chi connectivity index (χ2v) is 4.87. The minimum atomic E-state index is -0.170. The summed E-state index contributed by atoms with van der Waals surface area (Å²) < 4.78 is 1.65. The maximum absolute atomic E-state index is 12.3. The van der Waals surface area contributed by atoms with Gasteiger partial charge in [-0.25, -0.2) is 4.98 Å². The zero-order chi connectivity index (χ0) is 14.4. The Hall–Kier alpha value is -3.02. The van der Waals surface area contributed by atoms with Gasteiger partial charge in [0.15, 0.2) is 5.65 Å². The molecule has 4 rings (SSSR count). The van der Waals surface area contributed by atoms with E-state index in [0.29, 0.717) is 16.9 Å². The fraction of sp³-hybridized carbons (Fsp3) is 0.0667. The molecule has 0 amide bonds. The smallest absolute Gasteiger partial charge is 0.257 e. The summed E-state index contributed by atoms with van der Waals surface area (Å²) in [6.45, 7) is 1.89. The van der Waals surface area contributed by atoms with E-state index in [1.54, 1.807) is 29.2 Å². The van der Waals surface area contributed by atoms with E-state index in [2.05, 4.69) is 20.1 Å². The highest BCUT2D eigenvalue weighted by Gasteiger charge is 2.09. The number of aromatic nitrogens is 5. The molecule has 6 nitrogen and oxygen atoms in total. The van der Waals surface area contributed by atoms with Crippen molar-refractivity contribution in [2.24, 2.45) is 0 Å². The van der Waals surface area contributed by atoms with Crippen LogP contribution >= 0.6 is 0 Å². The second-order valence-electron chi connectivity index (χ2n) is 4.87. The van der Waals surface area contributed by atoms with Gasteiger partial charge in [0.05, 0.1) is 5.69 Å². The standard InChI is InChI=1S/C15H11N5O/c1-9-5-13-17-8-11-6-12(10-3-2-4-16-7-10)15(21)18-14(11)20(13)19-9/h2-8H,1H3,(H,18,21). The quantitative estimate of drug-likeness (QED) is 0.577. The van der Waals surface area contributed by atoms with Gasteiger partial charge >= 0.3 is 0 Å². The SMILES string of the molecule is Cc1cc2ncc3cc(-c4cccnc4)c(=O)[nH]c3n2n1. The van der Waals surface area contributed by atoms with E-state index in [-0.39, 0.29) is 5.56 Å². The predicted molar refractivity (Wildman–Crippen MR) is 79.1 cm³/mol. The molecular weight excluding hydrogens is 266 g/mol. The molecule has 0 unspecified atom stereocenters. The van der Waals surface area contributed by atoms with Crippen molar-refractivity contribution in [2.75, 3.05) is 0 Å². The van der Waals surface area contributed by atoms with Crippen LogP contribution < -0.4 is 5.56 Å². The van der Waals surface area contributed by atoms with E-state index in [0.717, 1.165) is 16.6 Å². The van der Waals surface area contributed by atoms with Gasteiger partial charge in [0.25, 0.3) is 5.56 Å². The fourth-order valence-corrected chi connectivity index (χ4v) is 2.42. The highest BCUT2D eigenvalue weighted by Crippen LogP contribution is 2.19. The van der Waals surface area contributed by atoms with Crippen LogP contribution in [0.4, 0.5) is 0 Å². The number of hydrogen-bond donors (Lipinski definition) is 1.